The molecular weight excluding hydrogens is 354 g/mol. The van der Waals surface area contributed by atoms with Crippen LogP contribution < -0.4 is 10.6 Å². The molecule has 1 atom stereocenters. The van der Waals surface area contributed by atoms with Crippen LogP contribution in [0.5, 0.6) is 0 Å². The maximum Gasteiger partial charge on any atom is 0.243 e. The third-order valence-corrected chi connectivity index (χ3v) is 4.44. The van der Waals surface area contributed by atoms with Crippen LogP contribution in [0.25, 0.3) is 0 Å². The largest absolute Gasteiger partial charge is 0.349 e. The fraction of sp³-hybridized carbons (Fsp3) is 0.318. The molecule has 2 rings (SSSR count). The maximum absolute atomic E-state index is 12.6. The highest BCUT2D eigenvalue weighted by atomic mass is 16.2. The number of aryl methyl sites for hydroxylation is 1. The molecule has 0 aliphatic heterocycles. The highest BCUT2D eigenvalue weighted by Crippen LogP contribution is 2.18. The van der Waals surface area contributed by atoms with Crippen molar-refractivity contribution in [3.63, 3.8) is 0 Å². The third kappa shape index (κ3) is 6.23. The lowest BCUT2D eigenvalue weighted by molar-refractivity contribution is -0.134. The Hall–Kier alpha value is -3.15. The Morgan fingerprint density at radius 1 is 1.00 bits per heavy atom. The molecule has 0 aliphatic carbocycles. The quantitative estimate of drug-likeness (QED) is 0.738. The Labute approximate surface area is 165 Å². The molecule has 0 radical (unpaired) electrons. The van der Waals surface area contributed by atoms with E-state index in [0.717, 1.165) is 23.2 Å². The molecule has 148 valence electrons. The number of carbonyl (C=O) groups excluding carboxylic acids is 3. The van der Waals surface area contributed by atoms with E-state index >= 15 is 0 Å². The van der Waals surface area contributed by atoms with E-state index in [9.17, 15) is 14.4 Å². The van der Waals surface area contributed by atoms with Gasteiger partial charge in [0.25, 0.3) is 0 Å². The van der Waals surface area contributed by atoms with Gasteiger partial charge in [-0.1, -0.05) is 55.5 Å². The van der Waals surface area contributed by atoms with Crippen LogP contribution in [0, 0.1) is 0 Å². The number of para-hydroxylation sites is 1. The van der Waals surface area contributed by atoms with Crippen molar-refractivity contribution < 1.29 is 14.4 Å². The first-order valence-corrected chi connectivity index (χ1v) is 9.34. The SMILES string of the molecule is CCc1ccccc1NC(=O)CN(C)C(=O)C[C@@H](NC(C)=O)c1ccccc1. The van der Waals surface area contributed by atoms with E-state index in [0.29, 0.717) is 0 Å². The van der Waals surface area contributed by atoms with Gasteiger partial charge in [-0.25, -0.2) is 0 Å². The van der Waals surface area contributed by atoms with Gasteiger partial charge in [-0.3, -0.25) is 14.4 Å². The van der Waals surface area contributed by atoms with Gasteiger partial charge in [-0.15, -0.1) is 0 Å². The van der Waals surface area contributed by atoms with Gasteiger partial charge in [0.2, 0.25) is 17.7 Å². The summed E-state index contributed by atoms with van der Waals surface area (Å²) in [5.41, 5.74) is 2.65. The second kappa shape index (κ2) is 10.3. The molecule has 0 unspecified atom stereocenters. The van der Waals surface area contributed by atoms with E-state index in [2.05, 4.69) is 10.6 Å². The van der Waals surface area contributed by atoms with Gasteiger partial charge in [-0.2, -0.15) is 0 Å². The topological polar surface area (TPSA) is 78.5 Å². The zero-order valence-electron chi connectivity index (χ0n) is 16.6. The van der Waals surface area contributed by atoms with E-state index in [-0.39, 0.29) is 30.7 Å². The average Bonchev–Trinajstić information content (AvgIpc) is 2.68. The summed E-state index contributed by atoms with van der Waals surface area (Å²) < 4.78 is 0. The van der Waals surface area contributed by atoms with E-state index in [4.69, 9.17) is 0 Å². The van der Waals surface area contributed by atoms with Gasteiger partial charge in [0.15, 0.2) is 0 Å². The standard InChI is InChI=1S/C22H27N3O3/c1-4-17-10-8-9-13-19(17)24-21(27)15-25(3)22(28)14-20(23-16(2)26)18-11-6-5-7-12-18/h5-13,20H,4,14-15H2,1-3H3,(H,23,26)(H,24,27)/t20-/m1/s1. The van der Waals surface area contributed by atoms with Crippen molar-refractivity contribution in [1.82, 2.24) is 10.2 Å². The Kier molecular flexibility index (Phi) is 7.75. The Morgan fingerprint density at radius 2 is 1.64 bits per heavy atom. The summed E-state index contributed by atoms with van der Waals surface area (Å²) in [6.45, 7) is 3.38. The van der Waals surface area contributed by atoms with Crippen molar-refractivity contribution in [2.75, 3.05) is 18.9 Å². The van der Waals surface area contributed by atoms with Gasteiger partial charge in [0, 0.05) is 19.7 Å². The van der Waals surface area contributed by atoms with Crippen LogP contribution in [0.1, 0.15) is 37.4 Å². The second-order valence-corrected chi connectivity index (χ2v) is 6.68. The molecule has 0 aliphatic rings. The van der Waals surface area contributed by atoms with Gasteiger partial charge in [0.1, 0.15) is 0 Å². The van der Waals surface area contributed by atoms with E-state index in [1.54, 1.807) is 7.05 Å². The molecule has 3 amide bonds. The van der Waals surface area contributed by atoms with E-state index in [1.807, 2.05) is 61.5 Å². The average molecular weight is 381 g/mol. The first kappa shape index (κ1) is 21.2. The second-order valence-electron chi connectivity index (χ2n) is 6.68. The van der Waals surface area contributed by atoms with Crippen LogP contribution in [0.2, 0.25) is 0 Å². The number of benzene rings is 2. The molecular formula is C22H27N3O3. The molecule has 2 N–H and O–H groups in total. The number of nitrogens with zero attached hydrogens (tertiary/aromatic N) is 1. The van der Waals surface area contributed by atoms with Gasteiger partial charge >= 0.3 is 0 Å². The summed E-state index contributed by atoms with van der Waals surface area (Å²) in [5, 5.41) is 5.67. The summed E-state index contributed by atoms with van der Waals surface area (Å²) in [6.07, 6.45) is 0.889. The molecule has 2 aromatic carbocycles. The molecule has 6 nitrogen and oxygen atoms in total. The first-order valence-electron chi connectivity index (χ1n) is 9.34. The van der Waals surface area contributed by atoms with Crippen molar-refractivity contribution in [1.29, 1.82) is 0 Å². The lowest BCUT2D eigenvalue weighted by Crippen LogP contribution is -2.38. The first-order chi connectivity index (χ1) is 13.4. The maximum atomic E-state index is 12.6. The molecule has 0 saturated heterocycles. The number of anilines is 1. The zero-order valence-corrected chi connectivity index (χ0v) is 16.6. The highest BCUT2D eigenvalue weighted by Gasteiger charge is 2.21. The van der Waals surface area contributed by atoms with Crippen LogP contribution in [-0.2, 0) is 20.8 Å². The van der Waals surface area contributed by atoms with Crippen LogP contribution in [0.15, 0.2) is 54.6 Å². The van der Waals surface area contributed by atoms with Crippen LogP contribution in [0.3, 0.4) is 0 Å². The third-order valence-electron chi connectivity index (χ3n) is 4.44. The van der Waals surface area contributed by atoms with E-state index in [1.165, 1.54) is 11.8 Å². The van der Waals surface area contributed by atoms with Crippen molar-refractivity contribution >= 4 is 23.4 Å². The number of amides is 3. The number of carbonyl (C=O) groups is 3. The minimum Gasteiger partial charge on any atom is -0.349 e. The normalized spacial score (nSPS) is 11.4. The zero-order chi connectivity index (χ0) is 20.5. The molecule has 28 heavy (non-hydrogen) atoms. The molecule has 0 bridgehead atoms. The molecule has 6 heteroatoms. The predicted octanol–water partition coefficient (Wildman–Crippen LogP) is 2.91. The number of hydrogen-bond donors (Lipinski definition) is 2. The number of rotatable bonds is 8. The molecule has 0 fully saturated rings. The molecule has 0 saturated carbocycles. The smallest absolute Gasteiger partial charge is 0.243 e. The summed E-state index contributed by atoms with van der Waals surface area (Å²) in [7, 11) is 1.59. The minimum atomic E-state index is -0.433. The summed E-state index contributed by atoms with van der Waals surface area (Å²) in [4.78, 5) is 37.9. The summed E-state index contributed by atoms with van der Waals surface area (Å²) in [5.74, 6) is -0.688. The Balaban J connectivity index is 1.98. The van der Waals surface area contributed by atoms with Gasteiger partial charge < -0.3 is 15.5 Å². The predicted molar refractivity (Wildman–Crippen MR) is 110 cm³/mol. The van der Waals surface area contributed by atoms with Gasteiger partial charge in [-0.05, 0) is 23.6 Å². The Bertz CT molecular complexity index is 821. The molecule has 0 aromatic heterocycles. The molecule has 0 spiro atoms. The lowest BCUT2D eigenvalue weighted by atomic mass is 10.0. The number of likely N-dealkylation sites (N-methyl/N-ethyl adjacent to an activating group) is 1. The molecule has 0 heterocycles. The number of nitrogens with one attached hydrogen (secondary N) is 2. The monoisotopic (exact) mass is 381 g/mol. The van der Waals surface area contributed by atoms with Crippen molar-refractivity contribution in [2.45, 2.75) is 32.7 Å². The van der Waals surface area contributed by atoms with Crippen molar-refractivity contribution in [3.8, 4) is 0 Å². The summed E-state index contributed by atoms with van der Waals surface area (Å²) in [6, 6.07) is 16.5. The molecule has 2 aromatic rings. The highest BCUT2D eigenvalue weighted by molar-refractivity contribution is 5.95. The van der Waals surface area contributed by atoms with Crippen LogP contribution in [0.4, 0.5) is 5.69 Å². The Morgan fingerprint density at radius 3 is 2.29 bits per heavy atom. The fourth-order valence-corrected chi connectivity index (χ4v) is 2.96. The lowest BCUT2D eigenvalue weighted by Gasteiger charge is -2.22. The van der Waals surface area contributed by atoms with E-state index < -0.39 is 6.04 Å². The summed E-state index contributed by atoms with van der Waals surface area (Å²) >= 11 is 0. The van der Waals surface area contributed by atoms with Gasteiger partial charge in [0.05, 0.1) is 19.0 Å². The fourth-order valence-electron chi connectivity index (χ4n) is 2.96. The minimum absolute atomic E-state index is 0.0571. The number of hydrogen-bond acceptors (Lipinski definition) is 3. The van der Waals surface area contributed by atoms with Crippen LogP contribution in [-0.4, -0.2) is 36.2 Å². The van der Waals surface area contributed by atoms with Crippen LogP contribution >= 0.6 is 0 Å². The van der Waals surface area contributed by atoms with Crippen molar-refractivity contribution in [3.05, 3.63) is 65.7 Å². The van der Waals surface area contributed by atoms with Crippen molar-refractivity contribution in [2.24, 2.45) is 0 Å².